The molecule has 1 saturated heterocycles. The fourth-order valence-corrected chi connectivity index (χ4v) is 3.94. The van der Waals surface area contributed by atoms with Gasteiger partial charge in [-0.25, -0.2) is 0 Å². The summed E-state index contributed by atoms with van der Waals surface area (Å²) in [6.07, 6.45) is 3.89. The quantitative estimate of drug-likeness (QED) is 0.482. The van der Waals surface area contributed by atoms with Gasteiger partial charge in [-0.15, -0.1) is 0 Å². The summed E-state index contributed by atoms with van der Waals surface area (Å²) >= 11 is 0. The van der Waals surface area contributed by atoms with E-state index in [1.54, 1.807) is 0 Å². The minimum Gasteiger partial charge on any atom is -0.377 e. The Labute approximate surface area is 172 Å². The number of Topliss-reactive ketones (excluding diaryl/α,β-unsaturated/α-hetero) is 1. The molecule has 1 rings (SSSR count). The Hall–Kier alpha value is -0.940. The highest BCUT2D eigenvalue weighted by molar-refractivity contribution is 5.83. The van der Waals surface area contributed by atoms with E-state index in [2.05, 4.69) is 6.92 Å². The number of hydrogen-bond acceptors (Lipinski definition) is 4. The number of carbonyl (C=O) groups excluding carboxylic acids is 2. The first-order valence-corrected chi connectivity index (χ1v) is 11.0. The van der Waals surface area contributed by atoms with Gasteiger partial charge in [0.2, 0.25) is 5.91 Å². The van der Waals surface area contributed by atoms with Crippen molar-refractivity contribution >= 4 is 11.7 Å². The van der Waals surface area contributed by atoms with Crippen molar-refractivity contribution in [2.45, 2.75) is 112 Å². The number of hydrogen-bond donors (Lipinski definition) is 0. The minimum absolute atomic E-state index is 0.0455. The van der Waals surface area contributed by atoms with E-state index >= 15 is 0 Å². The lowest BCUT2D eigenvalue weighted by atomic mass is 9.80. The molecule has 1 amide bonds. The molecule has 0 bridgehead atoms. The fourth-order valence-electron chi connectivity index (χ4n) is 3.94. The van der Waals surface area contributed by atoms with Crippen LogP contribution in [-0.2, 0) is 19.1 Å². The molecule has 0 aromatic rings. The second kappa shape index (κ2) is 11.3. The molecule has 1 heterocycles. The third-order valence-electron chi connectivity index (χ3n) is 5.34. The van der Waals surface area contributed by atoms with Gasteiger partial charge < -0.3 is 14.4 Å². The second-order valence-electron chi connectivity index (χ2n) is 9.80. The van der Waals surface area contributed by atoms with Gasteiger partial charge in [0.15, 0.2) is 0 Å². The molecule has 1 aliphatic heterocycles. The van der Waals surface area contributed by atoms with Crippen molar-refractivity contribution < 1.29 is 19.1 Å². The average Bonchev–Trinajstić information content (AvgIpc) is 2.94. The lowest BCUT2D eigenvalue weighted by Gasteiger charge is -2.30. The first-order valence-electron chi connectivity index (χ1n) is 11.0. The Morgan fingerprint density at radius 3 is 2.25 bits per heavy atom. The van der Waals surface area contributed by atoms with Crippen LogP contribution in [0.4, 0.5) is 0 Å². The summed E-state index contributed by atoms with van der Waals surface area (Å²) in [6.45, 7) is 17.4. The molecule has 164 valence electrons. The molecule has 3 atom stereocenters. The number of carbonyl (C=O) groups is 2. The van der Waals surface area contributed by atoms with Gasteiger partial charge in [-0.1, -0.05) is 34.1 Å². The lowest BCUT2D eigenvalue weighted by Crippen LogP contribution is -2.41. The van der Waals surface area contributed by atoms with E-state index in [0.29, 0.717) is 26.0 Å². The van der Waals surface area contributed by atoms with Gasteiger partial charge in [-0.3, -0.25) is 9.59 Å². The lowest BCUT2D eigenvalue weighted by molar-refractivity contribution is -0.136. The van der Waals surface area contributed by atoms with Crippen molar-refractivity contribution in [2.75, 3.05) is 13.2 Å². The Kier molecular flexibility index (Phi) is 10.1. The number of rotatable bonds is 12. The van der Waals surface area contributed by atoms with Crippen molar-refractivity contribution in [1.82, 2.24) is 4.90 Å². The Morgan fingerprint density at radius 1 is 1.07 bits per heavy atom. The Bertz CT molecular complexity index is 501. The highest BCUT2D eigenvalue weighted by atomic mass is 16.5. The minimum atomic E-state index is -0.337. The largest absolute Gasteiger partial charge is 0.377 e. The van der Waals surface area contributed by atoms with Gasteiger partial charge in [-0.2, -0.15) is 0 Å². The van der Waals surface area contributed by atoms with E-state index in [-0.39, 0.29) is 47.4 Å². The van der Waals surface area contributed by atoms with Crippen LogP contribution in [0, 0.1) is 11.3 Å². The zero-order valence-electron chi connectivity index (χ0n) is 19.4. The van der Waals surface area contributed by atoms with Crippen molar-refractivity contribution in [3.05, 3.63) is 0 Å². The van der Waals surface area contributed by atoms with Gasteiger partial charge in [0.1, 0.15) is 5.78 Å². The molecular formula is C23H43NO4. The van der Waals surface area contributed by atoms with Crippen LogP contribution < -0.4 is 0 Å². The summed E-state index contributed by atoms with van der Waals surface area (Å²) in [4.78, 5) is 27.6. The molecule has 1 aliphatic rings. The molecule has 0 N–H and O–H groups in total. The number of amides is 1. The van der Waals surface area contributed by atoms with Crippen LogP contribution in [0.25, 0.3) is 0 Å². The molecule has 0 spiro atoms. The Balaban J connectivity index is 2.74. The van der Waals surface area contributed by atoms with Crippen LogP contribution >= 0.6 is 0 Å². The van der Waals surface area contributed by atoms with Crippen LogP contribution in [0.2, 0.25) is 0 Å². The van der Waals surface area contributed by atoms with Crippen LogP contribution in [0.5, 0.6) is 0 Å². The maximum atomic E-state index is 13.1. The zero-order chi connectivity index (χ0) is 21.5. The molecular weight excluding hydrogens is 354 g/mol. The van der Waals surface area contributed by atoms with Gasteiger partial charge in [-0.05, 0) is 46.0 Å². The molecule has 5 heteroatoms. The summed E-state index contributed by atoms with van der Waals surface area (Å²) in [5.74, 6) is 0.442. The maximum Gasteiger partial charge on any atom is 0.223 e. The standard InChI is InChI=1S/C23H43NO4/c1-9-10-18(6)21(25)12-23(7,8)13-22(26)24-14-20(28-17(4)5)11-19(24)15-27-16(2)3/h16-20H,9-15H2,1-8H3. The monoisotopic (exact) mass is 397 g/mol. The Morgan fingerprint density at radius 2 is 1.71 bits per heavy atom. The molecule has 0 saturated carbocycles. The third kappa shape index (κ3) is 8.60. The van der Waals surface area contributed by atoms with Gasteiger partial charge in [0.05, 0.1) is 31.0 Å². The van der Waals surface area contributed by atoms with E-state index in [4.69, 9.17) is 9.47 Å². The van der Waals surface area contributed by atoms with Crippen molar-refractivity contribution in [3.63, 3.8) is 0 Å². The number of ketones is 1. The predicted octanol–water partition coefficient (Wildman–Crippen LogP) is 4.62. The van der Waals surface area contributed by atoms with Gasteiger partial charge in [0, 0.05) is 25.3 Å². The normalized spacial score (nSPS) is 21.6. The topological polar surface area (TPSA) is 55.8 Å². The molecule has 28 heavy (non-hydrogen) atoms. The highest BCUT2D eigenvalue weighted by Crippen LogP contribution is 2.31. The molecule has 1 fully saturated rings. The van der Waals surface area contributed by atoms with E-state index in [1.807, 2.05) is 53.4 Å². The zero-order valence-corrected chi connectivity index (χ0v) is 19.4. The SMILES string of the molecule is CCCC(C)C(=O)CC(C)(C)CC(=O)N1CC(OC(C)C)CC1COC(C)C. The number of nitrogens with zero attached hydrogens (tertiary/aromatic N) is 1. The highest BCUT2D eigenvalue weighted by Gasteiger charge is 2.38. The van der Waals surface area contributed by atoms with E-state index in [9.17, 15) is 9.59 Å². The van der Waals surface area contributed by atoms with Crippen molar-refractivity contribution in [2.24, 2.45) is 11.3 Å². The van der Waals surface area contributed by atoms with Crippen LogP contribution in [0.15, 0.2) is 0 Å². The summed E-state index contributed by atoms with van der Waals surface area (Å²) in [6, 6.07) is 0.0455. The first kappa shape index (κ1) is 25.1. The van der Waals surface area contributed by atoms with Gasteiger partial charge >= 0.3 is 0 Å². The molecule has 5 nitrogen and oxygen atoms in total. The molecule has 0 radical (unpaired) electrons. The van der Waals surface area contributed by atoms with Crippen LogP contribution in [-0.4, -0.2) is 54.1 Å². The van der Waals surface area contributed by atoms with E-state index in [1.165, 1.54) is 0 Å². The number of likely N-dealkylation sites (tertiary alicyclic amines) is 1. The second-order valence-corrected chi connectivity index (χ2v) is 9.80. The maximum absolute atomic E-state index is 13.1. The van der Waals surface area contributed by atoms with Crippen LogP contribution in [0.1, 0.15) is 87.5 Å². The molecule has 3 unspecified atom stereocenters. The van der Waals surface area contributed by atoms with Crippen molar-refractivity contribution in [3.8, 4) is 0 Å². The van der Waals surface area contributed by atoms with Crippen molar-refractivity contribution in [1.29, 1.82) is 0 Å². The molecule has 0 aromatic carbocycles. The summed E-state index contributed by atoms with van der Waals surface area (Å²) < 4.78 is 11.8. The summed E-state index contributed by atoms with van der Waals surface area (Å²) in [5.41, 5.74) is -0.337. The number of ether oxygens (including phenoxy) is 2. The molecule has 0 aliphatic carbocycles. The summed E-state index contributed by atoms with van der Waals surface area (Å²) in [5, 5.41) is 0. The predicted molar refractivity (Wildman–Crippen MR) is 113 cm³/mol. The first-order chi connectivity index (χ1) is 12.9. The third-order valence-corrected chi connectivity index (χ3v) is 5.34. The van der Waals surface area contributed by atoms with E-state index < -0.39 is 0 Å². The fraction of sp³-hybridized carbons (Fsp3) is 0.913. The van der Waals surface area contributed by atoms with Crippen LogP contribution in [0.3, 0.4) is 0 Å². The summed E-state index contributed by atoms with van der Waals surface area (Å²) in [7, 11) is 0. The van der Waals surface area contributed by atoms with Gasteiger partial charge in [0.25, 0.3) is 0 Å². The molecule has 0 aromatic heterocycles. The average molecular weight is 398 g/mol. The van der Waals surface area contributed by atoms with E-state index in [0.717, 1.165) is 19.3 Å². The smallest absolute Gasteiger partial charge is 0.223 e.